The normalized spacial score (nSPS) is 19.2. The molecule has 5 heteroatoms. The van der Waals surface area contributed by atoms with E-state index >= 15 is 0 Å². The van der Waals surface area contributed by atoms with Gasteiger partial charge in [0.2, 0.25) is 0 Å². The van der Waals surface area contributed by atoms with E-state index in [1.165, 1.54) is 0 Å². The van der Waals surface area contributed by atoms with Gasteiger partial charge in [-0.25, -0.2) is 4.79 Å². The van der Waals surface area contributed by atoms with E-state index < -0.39 is 5.60 Å². The minimum absolute atomic E-state index is 0.218. The van der Waals surface area contributed by atoms with E-state index in [-0.39, 0.29) is 6.09 Å². The van der Waals surface area contributed by atoms with Gasteiger partial charge in [-0.3, -0.25) is 4.98 Å². The maximum atomic E-state index is 12.0. The molecule has 1 aliphatic rings. The molecule has 1 saturated heterocycles. The maximum Gasteiger partial charge on any atom is 0.410 e. The maximum absolute atomic E-state index is 12.0. The third-order valence-electron chi connectivity index (χ3n) is 3.22. The van der Waals surface area contributed by atoms with E-state index in [0.29, 0.717) is 10.9 Å². The van der Waals surface area contributed by atoms with Gasteiger partial charge in [0.15, 0.2) is 0 Å². The number of hydrogen-bond donors (Lipinski definition) is 0. The summed E-state index contributed by atoms with van der Waals surface area (Å²) >= 11 is 5.82. The lowest BCUT2D eigenvalue weighted by Gasteiger charge is -2.24. The van der Waals surface area contributed by atoms with Crippen molar-refractivity contribution in [3.8, 4) is 0 Å². The summed E-state index contributed by atoms with van der Waals surface area (Å²) in [7, 11) is 0. The lowest BCUT2D eigenvalue weighted by Crippen LogP contribution is -2.35. The standard InChI is InChI=1S/C15H21ClN2O2/c1-15(2,3)20-14(19)18-7-6-11(10-18)8-13-5-4-12(16)9-17-13/h4-5,9,11H,6-8,10H2,1-3H3/t11-/m0/s1. The Morgan fingerprint density at radius 1 is 1.50 bits per heavy atom. The Hall–Kier alpha value is -1.29. The molecule has 0 saturated carbocycles. The van der Waals surface area contributed by atoms with E-state index in [1.807, 2.05) is 32.9 Å². The highest BCUT2D eigenvalue weighted by atomic mass is 35.5. The lowest BCUT2D eigenvalue weighted by molar-refractivity contribution is 0.0288. The van der Waals surface area contributed by atoms with Crippen LogP contribution in [0.25, 0.3) is 0 Å². The van der Waals surface area contributed by atoms with Crippen LogP contribution >= 0.6 is 11.6 Å². The second-order valence-corrected chi connectivity index (χ2v) is 6.69. The molecule has 110 valence electrons. The fraction of sp³-hybridized carbons (Fsp3) is 0.600. The first-order valence-electron chi connectivity index (χ1n) is 6.92. The van der Waals surface area contributed by atoms with Crippen molar-refractivity contribution in [1.82, 2.24) is 9.88 Å². The van der Waals surface area contributed by atoms with E-state index in [9.17, 15) is 4.79 Å². The van der Waals surface area contributed by atoms with Crippen molar-refractivity contribution in [2.24, 2.45) is 5.92 Å². The van der Waals surface area contributed by atoms with Crippen LogP contribution in [0, 0.1) is 5.92 Å². The molecule has 1 amide bonds. The quantitative estimate of drug-likeness (QED) is 0.838. The van der Waals surface area contributed by atoms with Gasteiger partial charge in [-0.2, -0.15) is 0 Å². The van der Waals surface area contributed by atoms with Crippen molar-refractivity contribution < 1.29 is 9.53 Å². The van der Waals surface area contributed by atoms with Gasteiger partial charge in [0.25, 0.3) is 0 Å². The molecule has 0 unspecified atom stereocenters. The molecule has 0 radical (unpaired) electrons. The summed E-state index contributed by atoms with van der Waals surface area (Å²) in [6.45, 7) is 7.15. The number of nitrogens with zero attached hydrogens (tertiary/aromatic N) is 2. The minimum atomic E-state index is -0.438. The average molecular weight is 297 g/mol. The van der Waals surface area contributed by atoms with Gasteiger partial charge < -0.3 is 9.64 Å². The second kappa shape index (κ2) is 6.00. The van der Waals surface area contributed by atoms with Gasteiger partial charge in [-0.1, -0.05) is 11.6 Å². The molecule has 0 aliphatic carbocycles. The van der Waals surface area contributed by atoms with Crippen LogP contribution in [0.4, 0.5) is 4.79 Å². The second-order valence-electron chi connectivity index (χ2n) is 6.25. The number of amides is 1. The van der Waals surface area contributed by atoms with Crippen molar-refractivity contribution in [1.29, 1.82) is 0 Å². The Labute approximate surface area is 125 Å². The number of hydrogen-bond acceptors (Lipinski definition) is 3. The van der Waals surface area contributed by atoms with Gasteiger partial charge in [0.05, 0.1) is 5.02 Å². The largest absolute Gasteiger partial charge is 0.444 e. The highest BCUT2D eigenvalue weighted by Crippen LogP contribution is 2.22. The first-order chi connectivity index (χ1) is 9.33. The molecule has 0 spiro atoms. The molecule has 1 aromatic heterocycles. The van der Waals surface area contributed by atoms with Crippen molar-refractivity contribution in [3.05, 3.63) is 29.0 Å². The number of rotatable bonds is 2. The molecule has 1 atom stereocenters. The topological polar surface area (TPSA) is 42.4 Å². The predicted octanol–water partition coefficient (Wildman–Crippen LogP) is 3.53. The summed E-state index contributed by atoms with van der Waals surface area (Å²) in [6, 6.07) is 3.79. The molecular formula is C15H21ClN2O2. The van der Waals surface area contributed by atoms with Gasteiger partial charge in [-0.15, -0.1) is 0 Å². The van der Waals surface area contributed by atoms with Gasteiger partial charge in [-0.05, 0) is 51.7 Å². The van der Waals surface area contributed by atoms with Gasteiger partial charge >= 0.3 is 6.09 Å². The molecule has 4 nitrogen and oxygen atoms in total. The molecule has 1 aliphatic heterocycles. The van der Waals surface area contributed by atoms with E-state index in [4.69, 9.17) is 16.3 Å². The van der Waals surface area contributed by atoms with Crippen molar-refractivity contribution in [2.45, 2.75) is 39.2 Å². The fourth-order valence-corrected chi connectivity index (χ4v) is 2.43. The van der Waals surface area contributed by atoms with Crippen LogP contribution in [-0.2, 0) is 11.2 Å². The molecule has 2 rings (SSSR count). The van der Waals surface area contributed by atoms with Crippen molar-refractivity contribution in [3.63, 3.8) is 0 Å². The molecule has 20 heavy (non-hydrogen) atoms. The average Bonchev–Trinajstić information content (AvgIpc) is 2.79. The third kappa shape index (κ3) is 4.37. The number of pyridine rings is 1. The summed E-state index contributed by atoms with van der Waals surface area (Å²) in [5, 5.41) is 0.649. The number of carbonyl (C=O) groups excluding carboxylic acids is 1. The number of carbonyl (C=O) groups is 1. The number of likely N-dealkylation sites (tertiary alicyclic amines) is 1. The molecule has 2 heterocycles. The Morgan fingerprint density at radius 3 is 2.85 bits per heavy atom. The zero-order chi connectivity index (χ0) is 14.8. The number of ether oxygens (including phenoxy) is 1. The van der Waals surface area contributed by atoms with Crippen LogP contribution in [0.5, 0.6) is 0 Å². The summed E-state index contributed by atoms with van der Waals surface area (Å²) in [6.07, 6.45) is 3.31. The zero-order valence-corrected chi connectivity index (χ0v) is 13.0. The summed E-state index contributed by atoms with van der Waals surface area (Å²) < 4.78 is 5.39. The van der Waals surface area contributed by atoms with Crippen LogP contribution in [0.15, 0.2) is 18.3 Å². The first kappa shape index (κ1) is 15.1. The smallest absolute Gasteiger partial charge is 0.410 e. The summed E-state index contributed by atoms with van der Waals surface area (Å²) in [4.78, 5) is 18.1. The summed E-state index contributed by atoms with van der Waals surface area (Å²) in [5.41, 5.74) is 0.581. The summed E-state index contributed by atoms with van der Waals surface area (Å²) in [5.74, 6) is 0.441. The van der Waals surface area contributed by atoms with Gasteiger partial charge in [0, 0.05) is 25.0 Å². The highest BCUT2D eigenvalue weighted by molar-refractivity contribution is 6.30. The zero-order valence-electron chi connectivity index (χ0n) is 12.2. The van der Waals surface area contributed by atoms with E-state index in [2.05, 4.69) is 4.98 Å². The Bertz CT molecular complexity index is 468. The van der Waals surface area contributed by atoms with Crippen LogP contribution in [-0.4, -0.2) is 34.7 Å². The Balaban J connectivity index is 1.86. The first-order valence-corrected chi connectivity index (χ1v) is 7.29. The number of halogens is 1. The van der Waals surface area contributed by atoms with E-state index in [1.54, 1.807) is 11.1 Å². The Kier molecular flexibility index (Phi) is 4.53. The van der Waals surface area contributed by atoms with Crippen LogP contribution in [0.2, 0.25) is 5.02 Å². The van der Waals surface area contributed by atoms with Crippen molar-refractivity contribution in [2.75, 3.05) is 13.1 Å². The van der Waals surface area contributed by atoms with Crippen LogP contribution in [0.3, 0.4) is 0 Å². The predicted molar refractivity (Wildman–Crippen MR) is 78.9 cm³/mol. The third-order valence-corrected chi connectivity index (χ3v) is 3.45. The van der Waals surface area contributed by atoms with Crippen molar-refractivity contribution >= 4 is 17.7 Å². The Morgan fingerprint density at radius 2 is 2.25 bits per heavy atom. The monoisotopic (exact) mass is 296 g/mol. The molecule has 1 aromatic rings. The van der Waals surface area contributed by atoms with Gasteiger partial charge in [0.1, 0.15) is 5.60 Å². The lowest BCUT2D eigenvalue weighted by atomic mass is 10.0. The molecule has 0 bridgehead atoms. The molecule has 0 aromatic carbocycles. The van der Waals surface area contributed by atoms with Crippen LogP contribution < -0.4 is 0 Å². The highest BCUT2D eigenvalue weighted by Gasteiger charge is 2.29. The molecule has 0 N–H and O–H groups in total. The SMILES string of the molecule is CC(C)(C)OC(=O)N1CC[C@@H](Cc2ccc(Cl)cn2)C1. The molecule has 1 fully saturated rings. The van der Waals surface area contributed by atoms with E-state index in [0.717, 1.165) is 31.6 Å². The fourth-order valence-electron chi connectivity index (χ4n) is 2.31. The molecular weight excluding hydrogens is 276 g/mol. The minimum Gasteiger partial charge on any atom is -0.444 e. The van der Waals surface area contributed by atoms with Crippen LogP contribution in [0.1, 0.15) is 32.9 Å². The number of aromatic nitrogens is 1.